The summed E-state index contributed by atoms with van der Waals surface area (Å²) < 4.78 is 5.36. The normalized spacial score (nSPS) is 49.5. The van der Waals surface area contributed by atoms with E-state index in [1.54, 1.807) is 0 Å². The summed E-state index contributed by atoms with van der Waals surface area (Å²) in [5.74, 6) is 1.71. The third kappa shape index (κ3) is 2.35. The number of carbonyl (C=O) groups excluding carboxylic acids is 2. The van der Waals surface area contributed by atoms with Gasteiger partial charge in [0.25, 0.3) is 0 Å². The predicted molar refractivity (Wildman–Crippen MR) is 126 cm³/mol. The zero-order valence-electron chi connectivity index (χ0n) is 21.3. The number of nitrogens with zero attached hydrogens (tertiary/aromatic N) is 1. The van der Waals surface area contributed by atoms with Crippen LogP contribution in [0.25, 0.3) is 0 Å². The molecular formula is C28H43NO3. The minimum atomic E-state index is -0.176. The van der Waals surface area contributed by atoms with E-state index in [0.29, 0.717) is 35.1 Å². The van der Waals surface area contributed by atoms with Gasteiger partial charge in [0.1, 0.15) is 0 Å². The van der Waals surface area contributed by atoms with Crippen LogP contribution < -0.4 is 0 Å². The van der Waals surface area contributed by atoms with E-state index in [0.717, 1.165) is 24.8 Å². The molecule has 2 spiro atoms. The number of rotatable bonds is 2. The molecule has 32 heavy (non-hydrogen) atoms. The SMILES string of the molecule is C/C=C1\C(=O)C[C@@]2(C)[C@@H]3CC[C@H]4C(C)(C)[C@@H](N(C)C(=O)OCC)CC[C@@]45C[C@@]35CC[C@]12C. The Morgan fingerprint density at radius 3 is 2.38 bits per heavy atom. The minimum Gasteiger partial charge on any atom is -0.450 e. The molecule has 0 aliphatic heterocycles. The van der Waals surface area contributed by atoms with Crippen molar-refractivity contribution in [1.29, 1.82) is 0 Å². The van der Waals surface area contributed by atoms with Crippen LogP contribution in [0, 0.1) is 38.9 Å². The number of ether oxygens (including phenoxy) is 1. The standard InChI is InChI=1S/C28H43NO3/c1-8-18-19(30)16-26(6)21-11-10-20-24(3,4)22(29(7)23(31)32-9-2)12-13-27(20)17-28(21,27)15-14-25(18,26)5/h8,20-22H,9-17H2,1-7H3/b18-8+/t20-,21-,22-,25+,26-,27+,28-/m0/s1. The lowest BCUT2D eigenvalue weighted by Gasteiger charge is -2.63. The summed E-state index contributed by atoms with van der Waals surface area (Å²) in [5.41, 5.74) is 2.17. The van der Waals surface area contributed by atoms with Crippen LogP contribution in [0.1, 0.15) is 92.9 Å². The number of carbonyl (C=O) groups is 2. The summed E-state index contributed by atoms with van der Waals surface area (Å²) in [6.07, 6.45) is 11.2. The van der Waals surface area contributed by atoms with Gasteiger partial charge in [-0.05, 0) is 97.9 Å². The second-order valence-electron chi connectivity index (χ2n) is 12.9. The largest absolute Gasteiger partial charge is 0.450 e. The monoisotopic (exact) mass is 441 g/mol. The Hall–Kier alpha value is -1.32. The summed E-state index contributed by atoms with van der Waals surface area (Å²) in [4.78, 5) is 27.5. The first-order valence-corrected chi connectivity index (χ1v) is 13.0. The van der Waals surface area contributed by atoms with E-state index in [4.69, 9.17) is 4.74 Å². The van der Waals surface area contributed by atoms with Gasteiger partial charge < -0.3 is 9.64 Å². The summed E-state index contributed by atoms with van der Waals surface area (Å²) in [5, 5.41) is 0. The van der Waals surface area contributed by atoms with Crippen molar-refractivity contribution in [1.82, 2.24) is 4.90 Å². The molecule has 0 radical (unpaired) electrons. The van der Waals surface area contributed by atoms with Crippen molar-refractivity contribution in [3.63, 3.8) is 0 Å². The van der Waals surface area contributed by atoms with Gasteiger partial charge in [-0.25, -0.2) is 4.79 Å². The smallest absolute Gasteiger partial charge is 0.409 e. The maximum absolute atomic E-state index is 13.1. The van der Waals surface area contributed by atoms with Gasteiger partial charge in [-0.3, -0.25) is 4.79 Å². The molecule has 5 rings (SSSR count). The second-order valence-corrected chi connectivity index (χ2v) is 12.9. The van der Waals surface area contributed by atoms with Gasteiger partial charge in [0.15, 0.2) is 5.78 Å². The average molecular weight is 442 g/mol. The second kappa shape index (κ2) is 6.63. The number of allylic oxidation sites excluding steroid dienone is 2. The highest BCUT2D eigenvalue weighted by atomic mass is 16.6. The molecule has 0 aromatic heterocycles. The zero-order chi connectivity index (χ0) is 23.3. The number of Topliss-reactive ketones (excluding diaryl/α,β-unsaturated/α-hetero) is 1. The van der Waals surface area contributed by atoms with Crippen LogP contribution >= 0.6 is 0 Å². The molecule has 4 nitrogen and oxygen atoms in total. The molecule has 7 atom stereocenters. The molecule has 0 N–H and O–H groups in total. The Kier molecular flexibility index (Phi) is 4.66. The number of hydrogen-bond acceptors (Lipinski definition) is 3. The van der Waals surface area contributed by atoms with Crippen LogP contribution in [0.2, 0.25) is 0 Å². The molecule has 5 fully saturated rings. The van der Waals surface area contributed by atoms with Gasteiger partial charge in [0, 0.05) is 24.9 Å². The lowest BCUT2D eigenvalue weighted by Crippen LogP contribution is -2.59. The van der Waals surface area contributed by atoms with Crippen molar-refractivity contribution in [2.24, 2.45) is 38.9 Å². The van der Waals surface area contributed by atoms with Crippen LogP contribution in [-0.2, 0) is 9.53 Å². The van der Waals surface area contributed by atoms with E-state index in [-0.39, 0.29) is 28.4 Å². The van der Waals surface area contributed by atoms with Gasteiger partial charge in [0.2, 0.25) is 0 Å². The third-order valence-electron chi connectivity index (χ3n) is 12.0. The lowest BCUT2D eigenvalue weighted by atomic mass is 9.42. The number of ketones is 1. The lowest BCUT2D eigenvalue weighted by molar-refractivity contribution is -0.136. The minimum absolute atomic E-state index is 0.0439. The van der Waals surface area contributed by atoms with Crippen LogP contribution in [0.15, 0.2) is 11.6 Å². The van der Waals surface area contributed by atoms with E-state index < -0.39 is 0 Å². The van der Waals surface area contributed by atoms with Crippen molar-refractivity contribution in [2.75, 3.05) is 13.7 Å². The molecule has 1 amide bonds. The Balaban J connectivity index is 1.47. The Bertz CT molecular complexity index is 891. The Labute approximate surface area is 194 Å². The predicted octanol–water partition coefficient (Wildman–Crippen LogP) is 6.39. The van der Waals surface area contributed by atoms with Crippen molar-refractivity contribution in [3.8, 4) is 0 Å². The molecule has 0 unspecified atom stereocenters. The van der Waals surface area contributed by atoms with Crippen LogP contribution in [-0.4, -0.2) is 36.5 Å². The Morgan fingerprint density at radius 1 is 1.06 bits per heavy atom. The van der Waals surface area contributed by atoms with Gasteiger partial charge >= 0.3 is 6.09 Å². The first-order chi connectivity index (χ1) is 14.9. The fourth-order valence-electron chi connectivity index (χ4n) is 10.5. The molecule has 178 valence electrons. The zero-order valence-corrected chi connectivity index (χ0v) is 21.3. The molecule has 0 heterocycles. The molecule has 0 aromatic rings. The summed E-state index contributed by atoms with van der Waals surface area (Å²) in [6.45, 7) is 14.1. The molecule has 0 bridgehead atoms. The van der Waals surface area contributed by atoms with Crippen molar-refractivity contribution in [2.45, 2.75) is 99.0 Å². The van der Waals surface area contributed by atoms with Gasteiger partial charge in [0.05, 0.1) is 6.61 Å². The topological polar surface area (TPSA) is 46.6 Å². The fourth-order valence-corrected chi connectivity index (χ4v) is 10.5. The number of amides is 1. The highest BCUT2D eigenvalue weighted by Crippen LogP contribution is 2.88. The van der Waals surface area contributed by atoms with Crippen molar-refractivity contribution >= 4 is 11.9 Å². The van der Waals surface area contributed by atoms with Crippen molar-refractivity contribution < 1.29 is 14.3 Å². The van der Waals surface area contributed by atoms with Gasteiger partial charge in [-0.2, -0.15) is 0 Å². The highest BCUT2D eigenvalue weighted by molar-refractivity contribution is 6.00. The van der Waals surface area contributed by atoms with E-state index in [9.17, 15) is 9.59 Å². The van der Waals surface area contributed by atoms with Crippen LogP contribution in [0.4, 0.5) is 4.79 Å². The van der Waals surface area contributed by atoms with Crippen molar-refractivity contribution in [3.05, 3.63) is 11.6 Å². The third-order valence-corrected chi connectivity index (χ3v) is 12.0. The first-order valence-electron chi connectivity index (χ1n) is 13.0. The average Bonchev–Trinajstić information content (AvgIpc) is 3.33. The molecule has 5 saturated carbocycles. The van der Waals surface area contributed by atoms with E-state index in [1.165, 1.54) is 32.1 Å². The quantitative estimate of drug-likeness (QED) is 0.466. The van der Waals surface area contributed by atoms with E-state index in [1.807, 2.05) is 18.9 Å². The highest BCUT2D eigenvalue weighted by Gasteiger charge is 2.82. The van der Waals surface area contributed by atoms with E-state index in [2.05, 4.69) is 40.7 Å². The summed E-state index contributed by atoms with van der Waals surface area (Å²) in [7, 11) is 1.94. The molecule has 0 aromatic carbocycles. The molecule has 4 heteroatoms. The molecular weight excluding hydrogens is 398 g/mol. The van der Waals surface area contributed by atoms with E-state index >= 15 is 0 Å². The summed E-state index contributed by atoms with van der Waals surface area (Å²) >= 11 is 0. The molecule has 5 aliphatic carbocycles. The van der Waals surface area contributed by atoms with Crippen LogP contribution in [0.5, 0.6) is 0 Å². The first kappa shape index (κ1) is 22.5. The molecule has 0 saturated heterocycles. The maximum Gasteiger partial charge on any atom is 0.409 e. The fraction of sp³-hybridized carbons (Fsp3) is 0.857. The molecule has 5 aliphatic rings. The number of fused-ring (bicyclic) bond motifs is 2. The number of hydrogen-bond donors (Lipinski definition) is 0. The van der Waals surface area contributed by atoms with Gasteiger partial charge in [-0.1, -0.05) is 33.8 Å². The summed E-state index contributed by atoms with van der Waals surface area (Å²) in [6, 6.07) is 0.235. The van der Waals surface area contributed by atoms with Crippen LogP contribution in [0.3, 0.4) is 0 Å². The van der Waals surface area contributed by atoms with Gasteiger partial charge in [-0.15, -0.1) is 0 Å². The maximum atomic E-state index is 13.1. The Morgan fingerprint density at radius 2 is 1.72 bits per heavy atom.